The number of hydrogen-bond donors (Lipinski definition) is 0. The first-order valence-corrected chi connectivity index (χ1v) is 6.20. The van der Waals surface area contributed by atoms with Crippen LogP contribution in [0, 0.1) is 0 Å². The first-order valence-electron chi connectivity index (χ1n) is 6.20. The third-order valence-electron chi connectivity index (χ3n) is 2.44. The van der Waals surface area contributed by atoms with Crippen molar-refractivity contribution in [2.24, 2.45) is 0 Å². The maximum atomic E-state index is 11.2. The molecule has 0 saturated heterocycles. The molecule has 3 nitrogen and oxygen atoms in total. The van der Waals surface area contributed by atoms with Crippen LogP contribution in [0.5, 0.6) is 0 Å². The number of hydrogen-bond acceptors (Lipinski definition) is 3. The topological polar surface area (TPSA) is 35.5 Å². The molecule has 0 aliphatic rings. The summed E-state index contributed by atoms with van der Waals surface area (Å²) in [6.07, 6.45) is 1.91. The summed E-state index contributed by atoms with van der Waals surface area (Å²) in [5.74, 6) is -0.374. The van der Waals surface area contributed by atoms with Gasteiger partial charge in [0.15, 0.2) is 0 Å². The van der Waals surface area contributed by atoms with Crippen LogP contribution in [0.25, 0.3) is 0 Å². The monoisotopic (exact) mass is 248 g/mol. The maximum Gasteiger partial charge on any atom is 0.335 e. The van der Waals surface area contributed by atoms with E-state index in [1.165, 1.54) is 5.56 Å². The highest BCUT2D eigenvalue weighted by Gasteiger charge is 2.06. The van der Waals surface area contributed by atoms with Gasteiger partial charge in [-0.15, -0.1) is 0 Å². The lowest BCUT2D eigenvalue weighted by molar-refractivity contribution is -0.139. The summed E-state index contributed by atoms with van der Waals surface area (Å²) in [4.78, 5) is 11.2. The Balaban J connectivity index is 2.09. The third kappa shape index (κ3) is 5.64. The van der Waals surface area contributed by atoms with E-state index in [4.69, 9.17) is 9.47 Å². The molecule has 0 aliphatic heterocycles. The molecule has 98 valence electrons. The Hall–Kier alpha value is -1.61. The van der Waals surface area contributed by atoms with E-state index >= 15 is 0 Å². The fourth-order valence-electron chi connectivity index (χ4n) is 1.51. The largest absolute Gasteiger partial charge is 0.463 e. The Morgan fingerprint density at radius 1 is 1.28 bits per heavy atom. The van der Waals surface area contributed by atoms with Crippen LogP contribution in [-0.2, 0) is 20.7 Å². The normalized spacial score (nSPS) is 10.1. The molecule has 0 spiro atoms. The summed E-state index contributed by atoms with van der Waals surface area (Å²) in [6.45, 7) is 6.63. The molecule has 0 atom stereocenters. The van der Waals surface area contributed by atoms with Gasteiger partial charge in [0.25, 0.3) is 0 Å². The van der Waals surface area contributed by atoms with Crippen LogP contribution in [0.1, 0.15) is 18.9 Å². The quantitative estimate of drug-likeness (QED) is 0.403. The molecule has 1 rings (SSSR count). The summed E-state index contributed by atoms with van der Waals surface area (Å²) < 4.78 is 10.2. The number of ether oxygens (including phenoxy) is 2. The van der Waals surface area contributed by atoms with Crippen LogP contribution in [0.4, 0.5) is 0 Å². The lowest BCUT2D eigenvalue weighted by Gasteiger charge is -2.06. The van der Waals surface area contributed by atoms with E-state index in [9.17, 15) is 4.79 Å². The molecular formula is C15H20O3. The number of esters is 1. The van der Waals surface area contributed by atoms with Gasteiger partial charge in [-0.3, -0.25) is 0 Å². The Bertz CT molecular complexity index is 371. The van der Waals surface area contributed by atoms with Crippen LogP contribution in [0.3, 0.4) is 0 Å². The summed E-state index contributed by atoms with van der Waals surface area (Å²) in [5, 5.41) is 0. The summed E-state index contributed by atoms with van der Waals surface area (Å²) >= 11 is 0. The number of aryl methyl sites for hydroxylation is 1. The van der Waals surface area contributed by atoms with Gasteiger partial charge < -0.3 is 9.47 Å². The number of carbonyl (C=O) groups is 1. The van der Waals surface area contributed by atoms with Crippen LogP contribution in [0.2, 0.25) is 0 Å². The summed E-state index contributed by atoms with van der Waals surface area (Å²) in [5.41, 5.74) is 1.67. The van der Waals surface area contributed by atoms with Crippen molar-refractivity contribution in [3.63, 3.8) is 0 Å². The van der Waals surface area contributed by atoms with Gasteiger partial charge in [0.1, 0.15) is 0 Å². The predicted molar refractivity (Wildman–Crippen MR) is 71.4 cm³/mol. The smallest absolute Gasteiger partial charge is 0.335 e. The van der Waals surface area contributed by atoms with E-state index in [0.29, 0.717) is 18.8 Å². The van der Waals surface area contributed by atoms with Crippen molar-refractivity contribution in [3.05, 3.63) is 48.0 Å². The van der Waals surface area contributed by atoms with Crippen LogP contribution >= 0.6 is 0 Å². The van der Waals surface area contributed by atoms with E-state index in [0.717, 1.165) is 12.8 Å². The second-order valence-electron chi connectivity index (χ2n) is 3.97. The first kappa shape index (κ1) is 14.5. The number of rotatable bonds is 8. The molecule has 0 unspecified atom stereocenters. The van der Waals surface area contributed by atoms with Gasteiger partial charge >= 0.3 is 5.97 Å². The molecule has 0 radical (unpaired) electrons. The van der Waals surface area contributed by atoms with Crippen molar-refractivity contribution >= 4 is 5.97 Å². The van der Waals surface area contributed by atoms with E-state index in [-0.39, 0.29) is 12.6 Å². The van der Waals surface area contributed by atoms with Gasteiger partial charge in [0, 0.05) is 6.61 Å². The fraction of sp³-hybridized carbons (Fsp3) is 0.400. The SMILES string of the molecule is C=C(COCCCc1ccccc1)C(=O)OCC. The van der Waals surface area contributed by atoms with E-state index in [1.807, 2.05) is 18.2 Å². The zero-order valence-corrected chi connectivity index (χ0v) is 10.9. The van der Waals surface area contributed by atoms with Gasteiger partial charge in [0.05, 0.1) is 18.8 Å². The summed E-state index contributed by atoms with van der Waals surface area (Å²) in [6, 6.07) is 10.2. The zero-order chi connectivity index (χ0) is 13.2. The van der Waals surface area contributed by atoms with Crippen molar-refractivity contribution in [1.82, 2.24) is 0 Å². The highest BCUT2D eigenvalue weighted by molar-refractivity contribution is 5.87. The lowest BCUT2D eigenvalue weighted by Crippen LogP contribution is -2.12. The average molecular weight is 248 g/mol. The molecule has 1 aromatic carbocycles. The molecule has 1 aromatic rings. The molecule has 0 amide bonds. The maximum absolute atomic E-state index is 11.2. The van der Waals surface area contributed by atoms with Crippen molar-refractivity contribution in [2.75, 3.05) is 19.8 Å². The average Bonchev–Trinajstić information content (AvgIpc) is 2.39. The highest BCUT2D eigenvalue weighted by atomic mass is 16.5. The van der Waals surface area contributed by atoms with Crippen LogP contribution in [0.15, 0.2) is 42.5 Å². The van der Waals surface area contributed by atoms with Crippen LogP contribution < -0.4 is 0 Å². The van der Waals surface area contributed by atoms with Gasteiger partial charge in [-0.05, 0) is 25.3 Å². The molecular weight excluding hydrogens is 228 g/mol. The number of carbonyl (C=O) groups excluding carboxylic acids is 1. The van der Waals surface area contributed by atoms with Gasteiger partial charge in [-0.2, -0.15) is 0 Å². The zero-order valence-electron chi connectivity index (χ0n) is 10.9. The predicted octanol–water partition coefficient (Wildman–Crippen LogP) is 2.76. The van der Waals surface area contributed by atoms with Gasteiger partial charge in [-0.25, -0.2) is 4.79 Å². The van der Waals surface area contributed by atoms with Crippen molar-refractivity contribution in [3.8, 4) is 0 Å². The first-order chi connectivity index (χ1) is 8.74. The van der Waals surface area contributed by atoms with Gasteiger partial charge in [-0.1, -0.05) is 36.9 Å². The standard InChI is InChI=1S/C15H20O3/c1-3-18-15(16)13(2)12-17-11-7-10-14-8-5-4-6-9-14/h4-6,8-9H,2-3,7,10-12H2,1H3. The number of benzene rings is 1. The minimum Gasteiger partial charge on any atom is -0.463 e. The molecule has 0 aliphatic carbocycles. The lowest BCUT2D eigenvalue weighted by atomic mass is 10.1. The fourth-order valence-corrected chi connectivity index (χ4v) is 1.51. The Labute approximate surface area is 108 Å². The molecule has 18 heavy (non-hydrogen) atoms. The Kier molecular flexibility index (Phi) is 6.81. The van der Waals surface area contributed by atoms with Gasteiger partial charge in [0.2, 0.25) is 0 Å². The third-order valence-corrected chi connectivity index (χ3v) is 2.44. The molecule has 0 N–H and O–H groups in total. The minimum absolute atomic E-state index is 0.244. The van der Waals surface area contributed by atoms with Crippen molar-refractivity contribution in [1.29, 1.82) is 0 Å². The molecule has 0 fully saturated rings. The van der Waals surface area contributed by atoms with E-state index in [1.54, 1.807) is 6.92 Å². The molecule has 0 saturated carbocycles. The van der Waals surface area contributed by atoms with E-state index < -0.39 is 0 Å². The second kappa shape index (κ2) is 8.48. The van der Waals surface area contributed by atoms with Crippen molar-refractivity contribution < 1.29 is 14.3 Å². The molecule has 0 bridgehead atoms. The molecule has 0 heterocycles. The molecule has 3 heteroatoms. The van der Waals surface area contributed by atoms with E-state index in [2.05, 4.69) is 18.7 Å². The van der Waals surface area contributed by atoms with Crippen LogP contribution in [-0.4, -0.2) is 25.8 Å². The Morgan fingerprint density at radius 3 is 2.67 bits per heavy atom. The summed E-state index contributed by atoms with van der Waals surface area (Å²) in [7, 11) is 0. The highest BCUT2D eigenvalue weighted by Crippen LogP contribution is 2.03. The Morgan fingerprint density at radius 2 is 2.00 bits per heavy atom. The minimum atomic E-state index is -0.374. The second-order valence-corrected chi connectivity index (χ2v) is 3.97. The molecule has 0 aromatic heterocycles. The van der Waals surface area contributed by atoms with Crippen molar-refractivity contribution in [2.45, 2.75) is 19.8 Å².